The molecule has 4 N–H and O–H groups in total. The summed E-state index contributed by atoms with van der Waals surface area (Å²) in [5.74, 6) is -1.20. The molecule has 1 unspecified atom stereocenters. The maximum Gasteiger partial charge on any atom is 0.246 e. The third-order valence-corrected chi connectivity index (χ3v) is 1.09. The Labute approximate surface area is 70.2 Å². The van der Waals surface area contributed by atoms with Crippen molar-refractivity contribution in [2.24, 2.45) is 5.73 Å². The largest absolute Gasteiger partial charge is 0.374 e. The predicted molar refractivity (Wildman–Crippen MR) is 42.8 cm³/mol. The number of carbonyl (C=O) groups is 2. The first kappa shape index (κ1) is 10.6. The summed E-state index contributed by atoms with van der Waals surface area (Å²) < 4.78 is 0. The second kappa shape index (κ2) is 4.50. The number of rotatable bonds is 3. The van der Waals surface area contributed by atoms with E-state index in [0.717, 1.165) is 6.08 Å². The first-order valence-corrected chi connectivity index (χ1v) is 3.40. The number of nitrogens with one attached hydrogen (secondary N) is 1. The van der Waals surface area contributed by atoms with Crippen molar-refractivity contribution in [2.45, 2.75) is 20.1 Å². The summed E-state index contributed by atoms with van der Waals surface area (Å²) in [6, 6.07) is 0. The zero-order valence-electron chi connectivity index (χ0n) is 7.00. The Bertz CT molecular complexity index is 221. The number of amides is 2. The molecule has 0 radical (unpaired) electrons. The number of hydrogen-bond acceptors (Lipinski definition) is 3. The van der Waals surface area contributed by atoms with Crippen molar-refractivity contribution in [1.29, 1.82) is 0 Å². The molecule has 0 spiro atoms. The van der Waals surface area contributed by atoms with E-state index < -0.39 is 18.0 Å². The van der Waals surface area contributed by atoms with Crippen LogP contribution in [0.25, 0.3) is 0 Å². The minimum absolute atomic E-state index is 0.146. The normalized spacial score (nSPS) is 13.8. The molecule has 5 heteroatoms. The van der Waals surface area contributed by atoms with Gasteiger partial charge in [-0.25, -0.2) is 0 Å². The van der Waals surface area contributed by atoms with Crippen LogP contribution in [-0.4, -0.2) is 23.1 Å². The molecule has 0 heterocycles. The predicted octanol–water partition coefficient (Wildman–Crippen LogP) is -1.13. The first-order valence-electron chi connectivity index (χ1n) is 3.40. The lowest BCUT2D eigenvalue weighted by Crippen LogP contribution is -2.31. The number of carbonyl (C=O) groups excluding carboxylic acids is 2. The fraction of sp³-hybridized carbons (Fsp3) is 0.429. The van der Waals surface area contributed by atoms with Crippen LogP contribution < -0.4 is 11.1 Å². The zero-order valence-corrected chi connectivity index (χ0v) is 7.00. The average molecular weight is 172 g/mol. The van der Waals surface area contributed by atoms with Crippen LogP contribution in [0, 0.1) is 0 Å². The highest BCUT2D eigenvalue weighted by atomic mass is 16.3. The molecule has 12 heavy (non-hydrogen) atoms. The lowest BCUT2D eigenvalue weighted by molar-refractivity contribution is -0.120. The molecule has 0 fully saturated rings. The summed E-state index contributed by atoms with van der Waals surface area (Å²) in [5, 5.41) is 10.9. The van der Waals surface area contributed by atoms with E-state index in [2.05, 4.69) is 5.32 Å². The number of aliphatic hydroxyl groups excluding tert-OH is 1. The second-order valence-electron chi connectivity index (χ2n) is 2.38. The van der Waals surface area contributed by atoms with Gasteiger partial charge in [0.15, 0.2) is 0 Å². The summed E-state index contributed by atoms with van der Waals surface area (Å²) in [5.41, 5.74) is 5.01. The van der Waals surface area contributed by atoms with Crippen molar-refractivity contribution in [3.63, 3.8) is 0 Å². The Morgan fingerprint density at radius 1 is 1.58 bits per heavy atom. The molecule has 0 bridgehead atoms. The van der Waals surface area contributed by atoms with Crippen molar-refractivity contribution in [3.05, 3.63) is 11.6 Å². The van der Waals surface area contributed by atoms with E-state index in [1.165, 1.54) is 13.8 Å². The van der Waals surface area contributed by atoms with Gasteiger partial charge in [-0.15, -0.1) is 0 Å². The monoisotopic (exact) mass is 172 g/mol. The molecule has 1 atom stereocenters. The van der Waals surface area contributed by atoms with Crippen molar-refractivity contribution in [2.75, 3.05) is 0 Å². The lowest BCUT2D eigenvalue weighted by atomic mass is 10.2. The van der Waals surface area contributed by atoms with E-state index in [-0.39, 0.29) is 5.57 Å². The van der Waals surface area contributed by atoms with E-state index in [0.29, 0.717) is 0 Å². The van der Waals surface area contributed by atoms with E-state index in [9.17, 15) is 9.59 Å². The third-order valence-electron chi connectivity index (χ3n) is 1.09. The fourth-order valence-corrected chi connectivity index (χ4v) is 0.515. The number of nitrogens with two attached hydrogens (primary N) is 1. The molecule has 0 aliphatic rings. The molecule has 68 valence electrons. The number of hydrogen-bond donors (Lipinski definition) is 3. The molecule has 0 aliphatic heterocycles. The summed E-state index contributed by atoms with van der Waals surface area (Å²) >= 11 is 0. The fourth-order valence-electron chi connectivity index (χ4n) is 0.515. The van der Waals surface area contributed by atoms with Crippen LogP contribution in [-0.2, 0) is 9.59 Å². The molecule has 5 nitrogen and oxygen atoms in total. The lowest BCUT2D eigenvalue weighted by Gasteiger charge is -2.03. The first-order chi connectivity index (χ1) is 5.43. The van der Waals surface area contributed by atoms with Gasteiger partial charge in [-0.05, 0) is 13.8 Å². The minimum Gasteiger partial charge on any atom is -0.374 e. The van der Waals surface area contributed by atoms with Crippen LogP contribution >= 0.6 is 0 Å². The van der Waals surface area contributed by atoms with Crippen LogP contribution in [0.15, 0.2) is 11.6 Å². The highest BCUT2D eigenvalue weighted by molar-refractivity contribution is 5.99. The number of primary amides is 1. The van der Waals surface area contributed by atoms with Gasteiger partial charge in [0, 0.05) is 11.6 Å². The maximum absolute atomic E-state index is 10.8. The van der Waals surface area contributed by atoms with Gasteiger partial charge < -0.3 is 16.2 Å². The van der Waals surface area contributed by atoms with Gasteiger partial charge in [-0.1, -0.05) is 0 Å². The quantitative estimate of drug-likeness (QED) is 0.371. The molecule has 0 aromatic carbocycles. The van der Waals surface area contributed by atoms with Crippen LogP contribution in [0.2, 0.25) is 0 Å². The third kappa shape index (κ3) is 4.45. The van der Waals surface area contributed by atoms with Crippen LogP contribution in [0.4, 0.5) is 0 Å². The Balaban J connectivity index is 4.15. The van der Waals surface area contributed by atoms with E-state index in [1.54, 1.807) is 0 Å². The van der Waals surface area contributed by atoms with Crippen LogP contribution in [0.3, 0.4) is 0 Å². The van der Waals surface area contributed by atoms with Crippen molar-refractivity contribution >= 4 is 11.8 Å². The zero-order chi connectivity index (χ0) is 9.72. The standard InChI is InChI=1S/C7H12N2O3/c1-4(7(8)12)3-6(11)9-5(2)10/h3,5,10H,1-2H3,(H2,8,12)(H,9,11)/b4-3+. The molecule has 0 aromatic rings. The Morgan fingerprint density at radius 2 is 2.08 bits per heavy atom. The summed E-state index contributed by atoms with van der Waals surface area (Å²) in [6.07, 6.45) is 0.101. The smallest absolute Gasteiger partial charge is 0.246 e. The van der Waals surface area contributed by atoms with Gasteiger partial charge in [0.25, 0.3) is 0 Å². The average Bonchev–Trinajstić information content (AvgIpc) is 1.84. The van der Waals surface area contributed by atoms with Crippen molar-refractivity contribution in [1.82, 2.24) is 5.32 Å². The highest BCUT2D eigenvalue weighted by Gasteiger charge is 2.03. The van der Waals surface area contributed by atoms with Gasteiger partial charge >= 0.3 is 0 Å². The van der Waals surface area contributed by atoms with Gasteiger partial charge in [0.1, 0.15) is 6.23 Å². The van der Waals surface area contributed by atoms with Crippen molar-refractivity contribution < 1.29 is 14.7 Å². The molecule has 0 aromatic heterocycles. The molecular formula is C7H12N2O3. The van der Waals surface area contributed by atoms with E-state index in [1.807, 2.05) is 0 Å². The second-order valence-corrected chi connectivity index (χ2v) is 2.38. The van der Waals surface area contributed by atoms with Crippen LogP contribution in [0.5, 0.6) is 0 Å². The van der Waals surface area contributed by atoms with E-state index in [4.69, 9.17) is 10.8 Å². The molecule has 0 rings (SSSR count). The summed E-state index contributed by atoms with van der Waals surface area (Å²) in [7, 11) is 0. The molecule has 0 aliphatic carbocycles. The summed E-state index contributed by atoms with van der Waals surface area (Å²) in [6.45, 7) is 2.81. The molecule has 0 saturated carbocycles. The highest BCUT2D eigenvalue weighted by Crippen LogP contribution is 1.89. The topological polar surface area (TPSA) is 92.4 Å². The van der Waals surface area contributed by atoms with Crippen molar-refractivity contribution in [3.8, 4) is 0 Å². The Hall–Kier alpha value is -1.36. The van der Waals surface area contributed by atoms with Gasteiger partial charge in [0.2, 0.25) is 11.8 Å². The maximum atomic E-state index is 10.8. The van der Waals surface area contributed by atoms with Crippen LogP contribution in [0.1, 0.15) is 13.8 Å². The minimum atomic E-state index is -0.936. The molecule has 0 saturated heterocycles. The summed E-state index contributed by atoms with van der Waals surface area (Å²) in [4.78, 5) is 21.2. The van der Waals surface area contributed by atoms with Gasteiger partial charge in [-0.3, -0.25) is 9.59 Å². The molecule has 2 amide bonds. The molecular weight excluding hydrogens is 160 g/mol. The SMILES string of the molecule is C/C(=C\C(=O)NC(C)O)C(N)=O. The van der Waals surface area contributed by atoms with E-state index >= 15 is 0 Å². The number of aliphatic hydroxyl groups is 1. The van der Waals surface area contributed by atoms with Gasteiger partial charge in [0.05, 0.1) is 0 Å². The van der Waals surface area contributed by atoms with Gasteiger partial charge in [-0.2, -0.15) is 0 Å². The Kier molecular flexibility index (Phi) is 3.99. The Morgan fingerprint density at radius 3 is 2.42 bits per heavy atom.